The first-order chi connectivity index (χ1) is 8.19. The molecule has 0 radical (unpaired) electrons. The Hall–Kier alpha value is -1.43. The number of halogens is 4. The minimum Gasteiger partial charge on any atom is -0.399 e. The molecule has 3 nitrogen and oxygen atoms in total. The molecule has 0 bridgehead atoms. The van der Waals surface area contributed by atoms with Gasteiger partial charge in [0, 0.05) is 29.9 Å². The second-order valence-electron chi connectivity index (χ2n) is 3.87. The van der Waals surface area contributed by atoms with Crippen molar-refractivity contribution in [1.29, 1.82) is 0 Å². The third-order valence-corrected chi connectivity index (χ3v) is 2.46. The average Bonchev–Trinajstić information content (AvgIpc) is 2.22. The molecule has 0 heterocycles. The third kappa shape index (κ3) is 4.44. The quantitative estimate of drug-likeness (QED) is 0.865. The van der Waals surface area contributed by atoms with Crippen LogP contribution in [0.15, 0.2) is 18.2 Å². The van der Waals surface area contributed by atoms with Gasteiger partial charge in [0.2, 0.25) is 0 Å². The minimum absolute atomic E-state index is 0.171. The Morgan fingerprint density at radius 1 is 1.39 bits per heavy atom. The highest BCUT2D eigenvalue weighted by Crippen LogP contribution is 2.21. The van der Waals surface area contributed by atoms with Crippen LogP contribution in [-0.2, 0) is 0 Å². The Morgan fingerprint density at radius 2 is 2.00 bits per heavy atom. The Labute approximate surface area is 107 Å². The number of anilines is 1. The molecule has 1 aromatic carbocycles. The van der Waals surface area contributed by atoms with Gasteiger partial charge in [0.1, 0.15) is 0 Å². The van der Waals surface area contributed by atoms with Gasteiger partial charge in [0.25, 0.3) is 5.91 Å². The lowest BCUT2D eigenvalue weighted by molar-refractivity contribution is -0.136. The lowest BCUT2D eigenvalue weighted by Gasteiger charge is -2.18. The van der Waals surface area contributed by atoms with Crippen LogP contribution in [0.1, 0.15) is 16.8 Å². The number of nitrogens with zero attached hydrogens (tertiary/aromatic N) is 1. The molecule has 100 valence electrons. The summed E-state index contributed by atoms with van der Waals surface area (Å²) in [7, 11) is 1.30. The maximum atomic E-state index is 12.0. The number of benzene rings is 1. The van der Waals surface area contributed by atoms with Crippen molar-refractivity contribution in [2.45, 2.75) is 12.6 Å². The molecule has 0 spiro atoms. The van der Waals surface area contributed by atoms with Gasteiger partial charge >= 0.3 is 6.18 Å². The second kappa shape index (κ2) is 5.48. The average molecular weight is 281 g/mol. The Kier molecular flexibility index (Phi) is 4.45. The van der Waals surface area contributed by atoms with E-state index in [-0.39, 0.29) is 16.3 Å². The fourth-order valence-electron chi connectivity index (χ4n) is 1.35. The Bertz CT molecular complexity index is 428. The molecule has 7 heteroatoms. The van der Waals surface area contributed by atoms with Crippen LogP contribution in [0.5, 0.6) is 0 Å². The van der Waals surface area contributed by atoms with Gasteiger partial charge in [0.15, 0.2) is 0 Å². The summed E-state index contributed by atoms with van der Waals surface area (Å²) in [6.07, 6.45) is -5.34. The predicted octanol–water partition coefficient (Wildman–Crippen LogP) is 2.95. The van der Waals surface area contributed by atoms with E-state index in [1.807, 2.05) is 0 Å². The number of amides is 1. The van der Waals surface area contributed by atoms with Crippen molar-refractivity contribution >= 4 is 23.2 Å². The van der Waals surface area contributed by atoms with E-state index in [1.165, 1.54) is 25.2 Å². The van der Waals surface area contributed by atoms with Crippen molar-refractivity contribution in [3.05, 3.63) is 28.8 Å². The number of nitrogen functional groups attached to an aromatic ring is 1. The summed E-state index contributed by atoms with van der Waals surface area (Å²) in [5, 5.41) is 0.266. The van der Waals surface area contributed by atoms with E-state index in [0.29, 0.717) is 0 Å². The first-order valence-corrected chi connectivity index (χ1v) is 5.45. The van der Waals surface area contributed by atoms with Crippen LogP contribution < -0.4 is 5.73 Å². The van der Waals surface area contributed by atoms with E-state index in [2.05, 4.69) is 0 Å². The maximum absolute atomic E-state index is 12.0. The molecule has 0 saturated carbocycles. The fourth-order valence-corrected chi connectivity index (χ4v) is 1.60. The molecule has 0 unspecified atom stereocenters. The van der Waals surface area contributed by atoms with E-state index in [9.17, 15) is 18.0 Å². The largest absolute Gasteiger partial charge is 0.399 e. The van der Waals surface area contributed by atoms with Crippen molar-refractivity contribution in [2.24, 2.45) is 0 Å². The van der Waals surface area contributed by atoms with Gasteiger partial charge in [-0.15, -0.1) is 0 Å². The van der Waals surface area contributed by atoms with Gasteiger partial charge in [-0.05, 0) is 18.2 Å². The number of carbonyl (C=O) groups is 1. The Morgan fingerprint density at radius 3 is 2.50 bits per heavy atom. The summed E-state index contributed by atoms with van der Waals surface area (Å²) < 4.78 is 36.1. The summed E-state index contributed by atoms with van der Waals surface area (Å²) in [6.45, 7) is -0.408. The summed E-state index contributed by atoms with van der Waals surface area (Å²) >= 11 is 5.72. The predicted molar refractivity (Wildman–Crippen MR) is 63.5 cm³/mol. The van der Waals surface area contributed by atoms with Crippen molar-refractivity contribution in [3.8, 4) is 0 Å². The van der Waals surface area contributed by atoms with E-state index in [4.69, 9.17) is 17.3 Å². The van der Waals surface area contributed by atoms with Gasteiger partial charge in [-0.3, -0.25) is 4.79 Å². The first-order valence-electron chi connectivity index (χ1n) is 5.07. The third-order valence-electron chi connectivity index (χ3n) is 2.24. The molecule has 0 saturated heterocycles. The summed E-state index contributed by atoms with van der Waals surface area (Å²) in [5.74, 6) is -0.548. The molecule has 0 aliphatic rings. The van der Waals surface area contributed by atoms with Gasteiger partial charge in [0.05, 0.1) is 6.42 Å². The summed E-state index contributed by atoms with van der Waals surface area (Å²) in [6, 6.07) is 4.19. The molecule has 0 fully saturated rings. The SMILES string of the molecule is CN(CCC(F)(F)F)C(=O)c1cc(N)cc(Cl)c1. The lowest BCUT2D eigenvalue weighted by Crippen LogP contribution is -2.30. The highest BCUT2D eigenvalue weighted by molar-refractivity contribution is 6.31. The van der Waals surface area contributed by atoms with E-state index < -0.39 is 25.0 Å². The van der Waals surface area contributed by atoms with Crippen LogP contribution in [0.25, 0.3) is 0 Å². The van der Waals surface area contributed by atoms with Gasteiger partial charge in [-0.2, -0.15) is 13.2 Å². The number of alkyl halides is 3. The standard InChI is InChI=1S/C11H12ClF3N2O/c1-17(3-2-11(13,14)15)10(18)7-4-8(12)6-9(16)5-7/h4-6H,2-3,16H2,1H3. The number of rotatable bonds is 3. The lowest BCUT2D eigenvalue weighted by atomic mass is 10.1. The smallest absolute Gasteiger partial charge is 0.390 e. The Balaban J connectivity index is 2.74. The topological polar surface area (TPSA) is 46.3 Å². The molecule has 0 atom stereocenters. The van der Waals surface area contributed by atoms with Gasteiger partial charge < -0.3 is 10.6 Å². The molecule has 2 N–H and O–H groups in total. The fraction of sp³-hybridized carbons (Fsp3) is 0.364. The minimum atomic E-state index is -4.29. The molecular weight excluding hydrogens is 269 g/mol. The summed E-state index contributed by atoms with van der Waals surface area (Å²) in [5.41, 5.74) is 5.96. The van der Waals surface area contributed by atoms with Crippen LogP contribution in [0.2, 0.25) is 5.02 Å². The van der Waals surface area contributed by atoms with Gasteiger partial charge in [-0.25, -0.2) is 0 Å². The molecule has 1 rings (SSSR count). The second-order valence-corrected chi connectivity index (χ2v) is 4.30. The van der Waals surface area contributed by atoms with Crippen LogP contribution in [0.4, 0.5) is 18.9 Å². The number of carbonyl (C=O) groups excluding carboxylic acids is 1. The van der Waals surface area contributed by atoms with E-state index in [0.717, 1.165) is 4.90 Å². The number of hydrogen-bond acceptors (Lipinski definition) is 2. The first kappa shape index (κ1) is 14.6. The molecular formula is C11H12ClF3N2O. The monoisotopic (exact) mass is 280 g/mol. The zero-order valence-electron chi connectivity index (χ0n) is 9.59. The van der Waals surface area contributed by atoms with E-state index >= 15 is 0 Å². The number of nitrogens with two attached hydrogens (primary N) is 1. The maximum Gasteiger partial charge on any atom is 0.390 e. The van der Waals surface area contributed by atoms with Crippen molar-refractivity contribution in [3.63, 3.8) is 0 Å². The van der Waals surface area contributed by atoms with Gasteiger partial charge in [-0.1, -0.05) is 11.6 Å². The molecule has 18 heavy (non-hydrogen) atoms. The molecule has 1 amide bonds. The van der Waals surface area contributed by atoms with Crippen LogP contribution in [-0.4, -0.2) is 30.6 Å². The van der Waals surface area contributed by atoms with Crippen molar-refractivity contribution in [2.75, 3.05) is 19.3 Å². The van der Waals surface area contributed by atoms with E-state index in [1.54, 1.807) is 0 Å². The zero-order chi connectivity index (χ0) is 13.9. The normalized spacial score (nSPS) is 11.4. The molecule has 0 aromatic heterocycles. The van der Waals surface area contributed by atoms with Crippen LogP contribution in [0, 0.1) is 0 Å². The molecule has 0 aliphatic heterocycles. The van der Waals surface area contributed by atoms with Crippen molar-refractivity contribution in [1.82, 2.24) is 4.90 Å². The van der Waals surface area contributed by atoms with Crippen LogP contribution >= 0.6 is 11.6 Å². The highest BCUT2D eigenvalue weighted by atomic mass is 35.5. The van der Waals surface area contributed by atoms with Crippen molar-refractivity contribution < 1.29 is 18.0 Å². The van der Waals surface area contributed by atoms with Crippen LogP contribution in [0.3, 0.4) is 0 Å². The molecule has 1 aromatic rings. The summed E-state index contributed by atoms with van der Waals surface area (Å²) in [4.78, 5) is 12.8. The molecule has 0 aliphatic carbocycles. The highest BCUT2D eigenvalue weighted by Gasteiger charge is 2.28. The zero-order valence-corrected chi connectivity index (χ0v) is 10.3. The number of hydrogen-bond donors (Lipinski definition) is 1.